The molecule has 0 radical (unpaired) electrons. The molecule has 0 bridgehead atoms. The summed E-state index contributed by atoms with van der Waals surface area (Å²) in [4.78, 5) is 8.81. The van der Waals surface area contributed by atoms with Crippen LogP contribution in [0.3, 0.4) is 0 Å². The van der Waals surface area contributed by atoms with E-state index in [4.69, 9.17) is 10.5 Å². The highest BCUT2D eigenvalue weighted by Gasteiger charge is 2.32. The SMILES string of the molecule is N#Cc1c(F)c(C#N)c(F)c([N+](=O)[O-])c1F. The fourth-order valence-electron chi connectivity index (χ4n) is 1.01. The fourth-order valence-corrected chi connectivity index (χ4v) is 1.01. The van der Waals surface area contributed by atoms with Gasteiger partial charge < -0.3 is 0 Å². The zero-order valence-corrected chi connectivity index (χ0v) is 7.29. The molecule has 0 aliphatic rings. The number of hydrogen-bond acceptors (Lipinski definition) is 4. The molecule has 1 aromatic carbocycles. The van der Waals surface area contributed by atoms with E-state index < -0.39 is 39.2 Å². The lowest BCUT2D eigenvalue weighted by atomic mass is 10.1. The predicted octanol–water partition coefficient (Wildman–Crippen LogP) is 1.76. The van der Waals surface area contributed by atoms with E-state index in [9.17, 15) is 23.3 Å². The van der Waals surface area contributed by atoms with Gasteiger partial charge in [-0.25, -0.2) is 4.39 Å². The molecule has 1 aromatic rings. The minimum Gasteiger partial charge on any atom is -0.258 e. The molecule has 0 N–H and O–H groups in total. The van der Waals surface area contributed by atoms with Gasteiger partial charge in [-0.1, -0.05) is 0 Å². The number of nitrogens with zero attached hydrogens (tertiary/aromatic N) is 3. The van der Waals surface area contributed by atoms with Crippen LogP contribution in [0.25, 0.3) is 0 Å². The Bertz CT molecular complexity index is 530. The van der Waals surface area contributed by atoms with E-state index in [0.29, 0.717) is 0 Å². The standard InChI is InChI=1S/C8F3N3O2/c9-5-3(1-12)6(10)8(14(15)16)7(11)4(5)2-13. The van der Waals surface area contributed by atoms with Crippen LogP contribution in [-0.4, -0.2) is 4.92 Å². The van der Waals surface area contributed by atoms with E-state index in [-0.39, 0.29) is 0 Å². The summed E-state index contributed by atoms with van der Waals surface area (Å²) in [6.07, 6.45) is 0. The lowest BCUT2D eigenvalue weighted by Gasteiger charge is -2.01. The highest BCUT2D eigenvalue weighted by molar-refractivity contribution is 5.52. The van der Waals surface area contributed by atoms with Gasteiger partial charge in [-0.2, -0.15) is 19.3 Å². The van der Waals surface area contributed by atoms with Crippen molar-refractivity contribution in [1.82, 2.24) is 0 Å². The Kier molecular flexibility index (Phi) is 2.77. The first kappa shape index (κ1) is 11.5. The first-order chi connectivity index (χ1) is 7.45. The Hall–Kier alpha value is -2.61. The van der Waals surface area contributed by atoms with Gasteiger partial charge in [-0.05, 0) is 0 Å². The van der Waals surface area contributed by atoms with Gasteiger partial charge >= 0.3 is 5.69 Å². The maximum atomic E-state index is 13.1. The van der Waals surface area contributed by atoms with E-state index >= 15 is 0 Å². The maximum Gasteiger partial charge on any atom is 0.343 e. The van der Waals surface area contributed by atoms with Crippen molar-refractivity contribution in [1.29, 1.82) is 10.5 Å². The van der Waals surface area contributed by atoms with E-state index in [0.717, 1.165) is 12.1 Å². The zero-order chi connectivity index (χ0) is 12.5. The first-order valence-electron chi connectivity index (χ1n) is 3.60. The largest absolute Gasteiger partial charge is 0.343 e. The van der Waals surface area contributed by atoms with Gasteiger partial charge in [-0.15, -0.1) is 0 Å². The molecular weight excluding hydrogens is 227 g/mol. The third-order valence-electron chi connectivity index (χ3n) is 1.70. The lowest BCUT2D eigenvalue weighted by molar-refractivity contribution is -0.390. The molecule has 0 fully saturated rings. The number of nitro benzene ring substituents is 1. The summed E-state index contributed by atoms with van der Waals surface area (Å²) in [5.41, 5.74) is -4.43. The molecule has 0 aromatic heterocycles. The van der Waals surface area contributed by atoms with Crippen molar-refractivity contribution in [3.63, 3.8) is 0 Å². The minimum absolute atomic E-state index is 0.989. The smallest absolute Gasteiger partial charge is 0.258 e. The second-order valence-electron chi connectivity index (χ2n) is 2.52. The summed E-state index contributed by atoms with van der Waals surface area (Å²) < 4.78 is 39.3. The Morgan fingerprint density at radius 2 is 1.38 bits per heavy atom. The monoisotopic (exact) mass is 227 g/mol. The Balaban J connectivity index is 3.88. The van der Waals surface area contributed by atoms with Crippen LogP contribution in [0.4, 0.5) is 18.9 Å². The molecule has 16 heavy (non-hydrogen) atoms. The molecule has 0 saturated heterocycles. The van der Waals surface area contributed by atoms with Crippen LogP contribution in [0, 0.1) is 50.2 Å². The van der Waals surface area contributed by atoms with Crippen molar-refractivity contribution in [2.24, 2.45) is 0 Å². The summed E-state index contributed by atoms with van der Waals surface area (Å²) in [5.74, 6) is -5.60. The van der Waals surface area contributed by atoms with Crippen molar-refractivity contribution >= 4 is 5.69 Å². The first-order valence-corrected chi connectivity index (χ1v) is 3.60. The molecule has 0 heterocycles. The summed E-state index contributed by atoms with van der Waals surface area (Å²) in [5, 5.41) is 26.9. The summed E-state index contributed by atoms with van der Waals surface area (Å²) in [6, 6.07) is 1.98. The number of benzene rings is 1. The lowest BCUT2D eigenvalue weighted by Crippen LogP contribution is -2.06. The van der Waals surface area contributed by atoms with Crippen LogP contribution >= 0.6 is 0 Å². The third kappa shape index (κ3) is 1.42. The molecule has 0 amide bonds. The van der Waals surface area contributed by atoms with Crippen LogP contribution in [0.1, 0.15) is 11.1 Å². The average Bonchev–Trinajstić information content (AvgIpc) is 2.18. The second-order valence-corrected chi connectivity index (χ2v) is 2.52. The molecule has 0 unspecified atom stereocenters. The number of rotatable bonds is 1. The topological polar surface area (TPSA) is 90.7 Å². The molecule has 1 rings (SSSR count). The number of hydrogen-bond donors (Lipinski definition) is 0. The molecule has 8 heteroatoms. The van der Waals surface area contributed by atoms with Gasteiger partial charge in [0.25, 0.3) is 0 Å². The summed E-state index contributed by atoms with van der Waals surface area (Å²) in [7, 11) is 0. The van der Waals surface area contributed by atoms with E-state index in [2.05, 4.69) is 0 Å². The molecule has 0 aliphatic heterocycles. The van der Waals surface area contributed by atoms with E-state index in [1.807, 2.05) is 0 Å². The molecule has 0 aliphatic carbocycles. The highest BCUT2D eigenvalue weighted by atomic mass is 19.1. The zero-order valence-electron chi connectivity index (χ0n) is 7.29. The minimum atomic E-state index is -1.93. The summed E-state index contributed by atoms with van der Waals surface area (Å²) >= 11 is 0. The van der Waals surface area contributed by atoms with Gasteiger partial charge in [0.05, 0.1) is 4.92 Å². The Labute approximate surface area is 86.1 Å². The van der Waals surface area contributed by atoms with Crippen molar-refractivity contribution in [3.05, 3.63) is 38.7 Å². The Morgan fingerprint density at radius 1 is 1.00 bits per heavy atom. The Morgan fingerprint density at radius 3 is 1.62 bits per heavy atom. The molecule has 0 atom stereocenters. The van der Waals surface area contributed by atoms with Crippen LogP contribution in [-0.2, 0) is 0 Å². The van der Waals surface area contributed by atoms with Gasteiger partial charge in [-0.3, -0.25) is 10.1 Å². The van der Waals surface area contributed by atoms with Crippen molar-refractivity contribution < 1.29 is 18.1 Å². The van der Waals surface area contributed by atoms with Gasteiger partial charge in [0.2, 0.25) is 11.6 Å². The normalized spacial score (nSPS) is 9.31. The quantitative estimate of drug-likeness (QED) is 0.539. The van der Waals surface area contributed by atoms with Crippen molar-refractivity contribution in [2.75, 3.05) is 0 Å². The number of nitro groups is 1. The molecule has 0 spiro atoms. The van der Waals surface area contributed by atoms with Gasteiger partial charge in [0.1, 0.15) is 23.3 Å². The third-order valence-corrected chi connectivity index (χ3v) is 1.70. The molecule has 0 saturated carbocycles. The van der Waals surface area contributed by atoms with E-state index in [1.165, 1.54) is 0 Å². The van der Waals surface area contributed by atoms with Crippen LogP contribution in [0.15, 0.2) is 0 Å². The van der Waals surface area contributed by atoms with E-state index in [1.54, 1.807) is 0 Å². The maximum absolute atomic E-state index is 13.1. The number of halogens is 3. The highest BCUT2D eigenvalue weighted by Crippen LogP contribution is 2.29. The predicted molar refractivity (Wildman–Crippen MR) is 42.4 cm³/mol. The molecule has 80 valence electrons. The van der Waals surface area contributed by atoms with Gasteiger partial charge in [0.15, 0.2) is 5.82 Å². The van der Waals surface area contributed by atoms with Crippen molar-refractivity contribution in [2.45, 2.75) is 0 Å². The van der Waals surface area contributed by atoms with Crippen molar-refractivity contribution in [3.8, 4) is 12.1 Å². The van der Waals surface area contributed by atoms with Gasteiger partial charge in [0, 0.05) is 0 Å². The second kappa shape index (κ2) is 3.87. The summed E-state index contributed by atoms with van der Waals surface area (Å²) in [6.45, 7) is 0. The fraction of sp³-hybridized carbons (Fsp3) is 0. The van der Waals surface area contributed by atoms with Crippen LogP contribution in [0.5, 0.6) is 0 Å². The molecule has 5 nitrogen and oxygen atoms in total. The molecular formula is C8F3N3O2. The van der Waals surface area contributed by atoms with Crippen LogP contribution < -0.4 is 0 Å². The average molecular weight is 227 g/mol. The number of nitriles is 2. The van der Waals surface area contributed by atoms with Crippen LogP contribution in [0.2, 0.25) is 0 Å².